The van der Waals surface area contributed by atoms with Crippen LogP contribution in [0.2, 0.25) is 0 Å². The molecule has 0 aliphatic heterocycles. The van der Waals surface area contributed by atoms with Crippen LogP contribution in [0.5, 0.6) is 0 Å². The van der Waals surface area contributed by atoms with E-state index in [1.807, 2.05) is 0 Å². The smallest absolute Gasteiger partial charge is 0.0161 e. The Morgan fingerprint density at radius 2 is 1.09 bits per heavy atom. The number of benzene rings is 6. The maximum absolute atomic E-state index is 2.46. The lowest BCUT2D eigenvalue weighted by Gasteiger charge is -2.26. The van der Waals surface area contributed by atoms with E-state index in [0.717, 1.165) is 0 Å². The zero-order chi connectivity index (χ0) is 31.5. The van der Waals surface area contributed by atoms with Crippen LogP contribution in [0.1, 0.15) is 80.0 Å². The summed E-state index contributed by atoms with van der Waals surface area (Å²) in [7, 11) is 0. The fourth-order valence-corrected chi connectivity index (χ4v) is 8.36. The van der Waals surface area contributed by atoms with E-state index in [2.05, 4.69) is 164 Å². The molecule has 0 saturated heterocycles. The first-order valence-electron chi connectivity index (χ1n) is 16.6. The minimum atomic E-state index is 0.0191. The molecule has 0 N–H and O–H groups in total. The minimum Gasteiger partial charge on any atom is -0.0651 e. The second kappa shape index (κ2) is 10.9. The lowest BCUT2D eigenvalue weighted by molar-refractivity contribution is 0.656. The molecule has 0 saturated carbocycles. The third kappa shape index (κ3) is 4.57. The third-order valence-electron chi connectivity index (χ3n) is 10.6. The lowest BCUT2D eigenvalue weighted by atomic mass is 9.78. The van der Waals surface area contributed by atoms with E-state index in [0.29, 0.717) is 0 Å². The SMILES string of the molecule is CCCc1cccc2ccccc12.Cc1cc2c(cc1-c1ccc3c(c1C)C(C)(C)c1ccccc1-3)-c1ccccc1C2(C)C. The van der Waals surface area contributed by atoms with Gasteiger partial charge in [-0.2, -0.15) is 0 Å². The Hall–Kier alpha value is -4.42. The van der Waals surface area contributed by atoms with Crippen LogP contribution in [0.25, 0.3) is 44.2 Å². The van der Waals surface area contributed by atoms with Crippen molar-refractivity contribution < 1.29 is 0 Å². The number of hydrogen-bond donors (Lipinski definition) is 0. The summed E-state index contributed by atoms with van der Waals surface area (Å²) in [4.78, 5) is 0. The second-order valence-corrected chi connectivity index (χ2v) is 14.1. The van der Waals surface area contributed by atoms with E-state index in [1.165, 1.54) is 95.9 Å². The highest BCUT2D eigenvalue weighted by Gasteiger charge is 2.38. The van der Waals surface area contributed by atoms with Crippen molar-refractivity contribution in [2.75, 3.05) is 0 Å². The first-order chi connectivity index (χ1) is 21.6. The molecule has 0 radical (unpaired) electrons. The number of rotatable bonds is 3. The Kier molecular flexibility index (Phi) is 7.08. The Labute approximate surface area is 269 Å². The van der Waals surface area contributed by atoms with Crippen molar-refractivity contribution >= 4 is 10.8 Å². The third-order valence-corrected chi connectivity index (χ3v) is 10.6. The zero-order valence-corrected chi connectivity index (χ0v) is 27.9. The first-order valence-corrected chi connectivity index (χ1v) is 16.6. The monoisotopic (exact) mass is 584 g/mol. The normalized spacial score (nSPS) is 14.6. The molecule has 6 aromatic rings. The molecule has 0 aromatic heterocycles. The Morgan fingerprint density at radius 3 is 1.82 bits per heavy atom. The molecule has 0 heteroatoms. The molecule has 0 atom stereocenters. The van der Waals surface area contributed by atoms with Crippen molar-refractivity contribution in [1.82, 2.24) is 0 Å². The van der Waals surface area contributed by atoms with Crippen molar-refractivity contribution in [1.29, 1.82) is 0 Å². The van der Waals surface area contributed by atoms with Crippen LogP contribution in [-0.4, -0.2) is 0 Å². The fraction of sp³-hybridized carbons (Fsp3) is 0.244. The highest BCUT2D eigenvalue weighted by molar-refractivity contribution is 5.90. The molecule has 0 unspecified atom stereocenters. The maximum Gasteiger partial charge on any atom is 0.0161 e. The lowest BCUT2D eigenvalue weighted by Crippen LogP contribution is -2.17. The van der Waals surface area contributed by atoms with Crippen LogP contribution >= 0.6 is 0 Å². The van der Waals surface area contributed by atoms with Gasteiger partial charge in [-0.1, -0.05) is 150 Å². The van der Waals surface area contributed by atoms with Gasteiger partial charge in [-0.05, 0) is 109 Å². The van der Waals surface area contributed by atoms with E-state index >= 15 is 0 Å². The highest BCUT2D eigenvalue weighted by atomic mass is 14.4. The Morgan fingerprint density at radius 1 is 0.489 bits per heavy atom. The molecular formula is C45H44. The van der Waals surface area contributed by atoms with Gasteiger partial charge in [0.05, 0.1) is 0 Å². The quantitative estimate of drug-likeness (QED) is 0.194. The molecule has 0 nitrogen and oxygen atoms in total. The summed E-state index contributed by atoms with van der Waals surface area (Å²) in [6.07, 6.45) is 2.40. The standard InChI is InChI=1S/C32H30.C13H14/c1-19-17-29-26(23-12-8-9-13-27(23)31(29,3)4)18-25(19)21-15-16-24-22-11-7-10-14-28(22)32(5,6)30(24)20(21)2;1-2-6-11-8-5-9-12-7-3-4-10-13(11)12/h7-18H,1-6H3;3-5,7-10H,2,6H2,1H3. The average Bonchev–Trinajstić information content (AvgIpc) is 3.41. The molecular weight excluding hydrogens is 540 g/mol. The molecule has 2 aliphatic carbocycles. The molecule has 8 rings (SSSR count). The molecule has 0 spiro atoms. The number of fused-ring (bicyclic) bond motifs is 7. The van der Waals surface area contributed by atoms with Gasteiger partial charge in [0.25, 0.3) is 0 Å². The number of hydrogen-bond acceptors (Lipinski definition) is 0. The summed E-state index contributed by atoms with van der Waals surface area (Å²) in [5, 5.41) is 2.76. The molecule has 2 aliphatic rings. The van der Waals surface area contributed by atoms with E-state index in [9.17, 15) is 0 Å². The van der Waals surface area contributed by atoms with Crippen LogP contribution in [0.4, 0.5) is 0 Å². The molecule has 45 heavy (non-hydrogen) atoms. The van der Waals surface area contributed by atoms with Crippen molar-refractivity contribution in [2.45, 2.75) is 72.1 Å². The number of aryl methyl sites for hydroxylation is 2. The first kappa shape index (κ1) is 29.3. The second-order valence-electron chi connectivity index (χ2n) is 14.1. The van der Waals surface area contributed by atoms with E-state index < -0.39 is 0 Å². The molecule has 224 valence electrons. The van der Waals surface area contributed by atoms with Gasteiger partial charge in [-0.15, -0.1) is 0 Å². The minimum absolute atomic E-state index is 0.0191. The summed E-state index contributed by atoms with van der Waals surface area (Å²) in [6.45, 7) is 16.3. The Balaban J connectivity index is 0.000000209. The van der Waals surface area contributed by atoms with Crippen LogP contribution in [-0.2, 0) is 17.3 Å². The van der Waals surface area contributed by atoms with Crippen LogP contribution in [0.15, 0.2) is 115 Å². The molecule has 0 fully saturated rings. The van der Waals surface area contributed by atoms with Gasteiger partial charge in [0.15, 0.2) is 0 Å². The maximum atomic E-state index is 2.46. The van der Waals surface area contributed by atoms with E-state index in [-0.39, 0.29) is 10.8 Å². The predicted octanol–water partition coefficient (Wildman–Crippen LogP) is 12.4. The van der Waals surface area contributed by atoms with Gasteiger partial charge < -0.3 is 0 Å². The van der Waals surface area contributed by atoms with Crippen LogP contribution in [0, 0.1) is 13.8 Å². The average molecular weight is 585 g/mol. The summed E-state index contributed by atoms with van der Waals surface area (Å²) < 4.78 is 0. The molecule has 6 aromatic carbocycles. The molecule has 0 amide bonds. The van der Waals surface area contributed by atoms with E-state index in [1.54, 1.807) is 0 Å². The van der Waals surface area contributed by atoms with Crippen molar-refractivity contribution in [2.24, 2.45) is 0 Å². The van der Waals surface area contributed by atoms with Crippen molar-refractivity contribution in [3.05, 3.63) is 154 Å². The molecule has 0 bridgehead atoms. The van der Waals surface area contributed by atoms with Gasteiger partial charge in [-0.3, -0.25) is 0 Å². The summed E-state index contributed by atoms with van der Waals surface area (Å²) in [6, 6.07) is 42.6. The van der Waals surface area contributed by atoms with Crippen LogP contribution < -0.4 is 0 Å². The van der Waals surface area contributed by atoms with E-state index in [4.69, 9.17) is 0 Å². The summed E-state index contributed by atoms with van der Waals surface area (Å²) in [5.41, 5.74) is 18.4. The molecule has 0 heterocycles. The largest absolute Gasteiger partial charge is 0.0651 e. The van der Waals surface area contributed by atoms with Crippen molar-refractivity contribution in [3.8, 4) is 33.4 Å². The summed E-state index contributed by atoms with van der Waals surface area (Å²) >= 11 is 0. The van der Waals surface area contributed by atoms with Gasteiger partial charge in [0.1, 0.15) is 0 Å². The van der Waals surface area contributed by atoms with Gasteiger partial charge >= 0.3 is 0 Å². The van der Waals surface area contributed by atoms with Gasteiger partial charge in [0, 0.05) is 10.8 Å². The summed E-state index contributed by atoms with van der Waals surface area (Å²) in [5.74, 6) is 0. The fourth-order valence-electron chi connectivity index (χ4n) is 8.36. The predicted molar refractivity (Wildman–Crippen MR) is 194 cm³/mol. The van der Waals surface area contributed by atoms with Crippen molar-refractivity contribution in [3.63, 3.8) is 0 Å². The van der Waals surface area contributed by atoms with Crippen LogP contribution in [0.3, 0.4) is 0 Å². The highest BCUT2D eigenvalue weighted by Crippen LogP contribution is 2.53. The zero-order valence-electron chi connectivity index (χ0n) is 27.9. The van der Waals surface area contributed by atoms with Gasteiger partial charge in [-0.25, -0.2) is 0 Å². The Bertz CT molecular complexity index is 2080. The van der Waals surface area contributed by atoms with Gasteiger partial charge in [0.2, 0.25) is 0 Å². The topological polar surface area (TPSA) is 0 Å².